The molecule has 88 valence electrons. The van der Waals surface area contributed by atoms with Gasteiger partial charge in [-0.3, -0.25) is 4.79 Å². The van der Waals surface area contributed by atoms with Gasteiger partial charge in [-0.05, 0) is 29.7 Å². The maximum atomic E-state index is 13.7. The second kappa shape index (κ2) is 4.11. The minimum atomic E-state index is -0.344. The van der Waals surface area contributed by atoms with Crippen molar-refractivity contribution in [1.82, 2.24) is 4.98 Å². The highest BCUT2D eigenvalue weighted by molar-refractivity contribution is 5.85. The summed E-state index contributed by atoms with van der Waals surface area (Å²) in [5, 5.41) is 1.41. The Morgan fingerprint density at radius 2 is 1.67 bits per heavy atom. The van der Waals surface area contributed by atoms with Crippen LogP contribution in [-0.2, 0) is 0 Å². The molecule has 0 aliphatic carbocycles. The van der Waals surface area contributed by atoms with Gasteiger partial charge in [0, 0.05) is 10.9 Å². The number of halogens is 1. The van der Waals surface area contributed by atoms with E-state index in [4.69, 9.17) is 0 Å². The van der Waals surface area contributed by atoms with E-state index >= 15 is 0 Å². The molecule has 1 aromatic heterocycles. The van der Waals surface area contributed by atoms with E-state index in [1.165, 1.54) is 6.07 Å². The molecular weight excluding hydrogens is 229 g/mol. The molecule has 0 saturated heterocycles. The fourth-order valence-electron chi connectivity index (χ4n) is 2.04. The zero-order valence-corrected chi connectivity index (χ0v) is 9.48. The number of hydrogen-bond donors (Lipinski definition) is 1. The van der Waals surface area contributed by atoms with E-state index in [0.717, 1.165) is 5.39 Å². The second-order valence-corrected chi connectivity index (χ2v) is 4.08. The molecule has 3 heteroatoms. The van der Waals surface area contributed by atoms with Crippen LogP contribution >= 0.6 is 0 Å². The molecule has 0 atom stereocenters. The zero-order valence-electron chi connectivity index (χ0n) is 9.48. The van der Waals surface area contributed by atoms with Crippen LogP contribution < -0.4 is 5.56 Å². The molecule has 3 aromatic rings. The fourth-order valence-corrected chi connectivity index (χ4v) is 2.04. The first-order valence-electron chi connectivity index (χ1n) is 5.63. The standard InChI is InChI=1S/C15H10FNO/c16-13-8-4-3-7-12(13)14-9-10-5-1-2-6-11(10)15(18)17-14/h1-9H,(H,17,18). The van der Waals surface area contributed by atoms with Crippen molar-refractivity contribution < 1.29 is 4.39 Å². The van der Waals surface area contributed by atoms with E-state index in [1.807, 2.05) is 12.1 Å². The Balaban J connectivity index is 2.32. The summed E-state index contributed by atoms with van der Waals surface area (Å²) in [4.78, 5) is 14.6. The minimum absolute atomic E-state index is 0.202. The molecule has 3 rings (SSSR count). The van der Waals surface area contributed by atoms with Crippen LogP contribution in [0.5, 0.6) is 0 Å². The Morgan fingerprint density at radius 1 is 0.944 bits per heavy atom. The van der Waals surface area contributed by atoms with Gasteiger partial charge in [0.05, 0.1) is 5.69 Å². The van der Waals surface area contributed by atoms with E-state index in [2.05, 4.69) is 4.98 Å². The number of hydrogen-bond acceptors (Lipinski definition) is 1. The van der Waals surface area contributed by atoms with Gasteiger partial charge in [0.2, 0.25) is 0 Å². The van der Waals surface area contributed by atoms with Crippen molar-refractivity contribution in [2.45, 2.75) is 0 Å². The van der Waals surface area contributed by atoms with Gasteiger partial charge in [0.15, 0.2) is 0 Å². The Kier molecular flexibility index (Phi) is 2.45. The Hall–Kier alpha value is -2.42. The molecule has 1 heterocycles. The maximum absolute atomic E-state index is 13.7. The van der Waals surface area contributed by atoms with E-state index in [-0.39, 0.29) is 11.4 Å². The van der Waals surface area contributed by atoms with Crippen LogP contribution in [0.1, 0.15) is 0 Å². The van der Waals surface area contributed by atoms with Gasteiger partial charge < -0.3 is 4.98 Å². The van der Waals surface area contributed by atoms with Crippen molar-refractivity contribution in [3.8, 4) is 11.3 Å². The van der Waals surface area contributed by atoms with Gasteiger partial charge in [0.1, 0.15) is 5.82 Å². The third-order valence-electron chi connectivity index (χ3n) is 2.92. The molecule has 2 aromatic carbocycles. The number of H-pyrrole nitrogens is 1. The first-order chi connectivity index (χ1) is 8.75. The third kappa shape index (κ3) is 1.70. The number of benzene rings is 2. The third-order valence-corrected chi connectivity index (χ3v) is 2.92. The number of nitrogens with one attached hydrogen (secondary N) is 1. The predicted octanol–water partition coefficient (Wildman–Crippen LogP) is 3.33. The largest absolute Gasteiger partial charge is 0.321 e. The lowest BCUT2D eigenvalue weighted by molar-refractivity contribution is 0.630. The Morgan fingerprint density at radius 3 is 2.50 bits per heavy atom. The first kappa shape index (κ1) is 10.7. The van der Waals surface area contributed by atoms with Crippen LogP contribution in [-0.4, -0.2) is 4.98 Å². The summed E-state index contributed by atoms with van der Waals surface area (Å²) in [6, 6.07) is 15.4. The summed E-state index contributed by atoms with van der Waals surface area (Å²) in [5.41, 5.74) is 0.698. The van der Waals surface area contributed by atoms with E-state index in [0.29, 0.717) is 16.6 Å². The van der Waals surface area contributed by atoms with Gasteiger partial charge in [-0.2, -0.15) is 0 Å². The van der Waals surface area contributed by atoms with Gasteiger partial charge in [-0.1, -0.05) is 30.3 Å². The minimum Gasteiger partial charge on any atom is -0.321 e. The fraction of sp³-hybridized carbons (Fsp3) is 0. The first-order valence-corrected chi connectivity index (χ1v) is 5.63. The maximum Gasteiger partial charge on any atom is 0.256 e. The van der Waals surface area contributed by atoms with Crippen LogP contribution in [0.2, 0.25) is 0 Å². The van der Waals surface area contributed by atoms with Gasteiger partial charge in [-0.25, -0.2) is 4.39 Å². The van der Waals surface area contributed by atoms with Crippen LogP contribution in [0.3, 0.4) is 0 Å². The smallest absolute Gasteiger partial charge is 0.256 e. The van der Waals surface area contributed by atoms with E-state index in [1.54, 1.807) is 36.4 Å². The lowest BCUT2D eigenvalue weighted by atomic mass is 10.1. The Labute approximate surface area is 103 Å². The van der Waals surface area contributed by atoms with Gasteiger partial charge in [-0.15, -0.1) is 0 Å². The van der Waals surface area contributed by atoms with E-state index < -0.39 is 0 Å². The van der Waals surface area contributed by atoms with Crippen molar-refractivity contribution in [2.24, 2.45) is 0 Å². The van der Waals surface area contributed by atoms with Crippen LogP contribution in [0.4, 0.5) is 4.39 Å². The predicted molar refractivity (Wildman–Crippen MR) is 70.0 cm³/mol. The molecule has 0 amide bonds. The molecule has 0 aliphatic rings. The lowest BCUT2D eigenvalue weighted by Gasteiger charge is -2.04. The van der Waals surface area contributed by atoms with Gasteiger partial charge in [0.25, 0.3) is 5.56 Å². The zero-order chi connectivity index (χ0) is 12.5. The highest BCUT2D eigenvalue weighted by Crippen LogP contribution is 2.22. The molecule has 0 fully saturated rings. The summed E-state index contributed by atoms with van der Waals surface area (Å²) >= 11 is 0. The van der Waals surface area contributed by atoms with Crippen molar-refractivity contribution >= 4 is 10.8 Å². The number of rotatable bonds is 1. The quantitative estimate of drug-likeness (QED) is 0.694. The molecule has 1 N–H and O–H groups in total. The average Bonchev–Trinajstić information content (AvgIpc) is 2.39. The molecule has 18 heavy (non-hydrogen) atoms. The van der Waals surface area contributed by atoms with Crippen LogP contribution in [0, 0.1) is 5.82 Å². The summed E-state index contributed by atoms with van der Waals surface area (Å²) in [7, 11) is 0. The van der Waals surface area contributed by atoms with Gasteiger partial charge >= 0.3 is 0 Å². The molecule has 0 unspecified atom stereocenters. The SMILES string of the molecule is O=c1[nH]c(-c2ccccc2F)cc2ccccc12. The summed E-state index contributed by atoms with van der Waals surface area (Å²) in [6.07, 6.45) is 0. The molecular formula is C15H10FNO. The molecule has 0 bridgehead atoms. The van der Waals surface area contributed by atoms with Crippen LogP contribution in [0.15, 0.2) is 59.4 Å². The summed E-state index contributed by atoms with van der Waals surface area (Å²) < 4.78 is 13.7. The Bertz CT molecular complexity index is 777. The molecule has 0 radical (unpaired) electrons. The van der Waals surface area contributed by atoms with Crippen LogP contribution in [0.25, 0.3) is 22.0 Å². The highest BCUT2D eigenvalue weighted by atomic mass is 19.1. The number of aromatic nitrogens is 1. The van der Waals surface area contributed by atoms with Crippen molar-refractivity contribution in [3.05, 3.63) is 70.8 Å². The monoisotopic (exact) mass is 239 g/mol. The highest BCUT2D eigenvalue weighted by Gasteiger charge is 2.07. The second-order valence-electron chi connectivity index (χ2n) is 4.08. The molecule has 0 saturated carbocycles. The van der Waals surface area contributed by atoms with Crippen molar-refractivity contribution in [3.63, 3.8) is 0 Å². The lowest BCUT2D eigenvalue weighted by Crippen LogP contribution is -2.07. The number of fused-ring (bicyclic) bond motifs is 1. The van der Waals surface area contributed by atoms with Crippen molar-refractivity contribution in [1.29, 1.82) is 0 Å². The normalized spacial score (nSPS) is 10.7. The number of aromatic amines is 1. The van der Waals surface area contributed by atoms with Crippen molar-refractivity contribution in [2.75, 3.05) is 0 Å². The average molecular weight is 239 g/mol. The molecule has 0 spiro atoms. The summed E-state index contributed by atoms with van der Waals surface area (Å²) in [6.45, 7) is 0. The molecule has 2 nitrogen and oxygen atoms in total. The summed E-state index contributed by atoms with van der Waals surface area (Å²) in [5.74, 6) is -0.344. The van der Waals surface area contributed by atoms with E-state index in [9.17, 15) is 9.18 Å². The number of pyridine rings is 1. The topological polar surface area (TPSA) is 32.9 Å². The molecule has 0 aliphatic heterocycles.